The van der Waals surface area contributed by atoms with Crippen LogP contribution in [0.15, 0.2) is 36.4 Å². The lowest BCUT2D eigenvalue weighted by Gasteiger charge is -2.09. The quantitative estimate of drug-likeness (QED) is 0.599. The number of aromatic nitrogens is 2. The third-order valence-electron chi connectivity index (χ3n) is 3.31. The van der Waals surface area contributed by atoms with Gasteiger partial charge in [0, 0.05) is 6.54 Å². The highest BCUT2D eigenvalue weighted by atomic mass is 16.5. The molecular formula is C17H20N4O3. The Balaban J connectivity index is 2.07. The van der Waals surface area contributed by atoms with Crippen molar-refractivity contribution in [2.24, 2.45) is 0 Å². The molecule has 0 spiro atoms. The molecule has 1 aromatic carbocycles. The predicted molar refractivity (Wildman–Crippen MR) is 90.3 cm³/mol. The summed E-state index contributed by atoms with van der Waals surface area (Å²) in [5.41, 5.74) is 1.19. The number of hydrogen-bond acceptors (Lipinski definition) is 6. The van der Waals surface area contributed by atoms with E-state index in [9.17, 15) is 9.59 Å². The van der Waals surface area contributed by atoms with Crippen LogP contribution in [0.5, 0.6) is 0 Å². The van der Waals surface area contributed by atoms with Crippen molar-refractivity contribution in [3.8, 4) is 0 Å². The number of para-hydroxylation sites is 1. The summed E-state index contributed by atoms with van der Waals surface area (Å²) in [6, 6.07) is 10.1. The maximum absolute atomic E-state index is 11.9. The van der Waals surface area contributed by atoms with Crippen LogP contribution in [0.2, 0.25) is 0 Å². The van der Waals surface area contributed by atoms with Crippen LogP contribution in [0, 0.1) is 0 Å². The number of benzene rings is 1. The Morgan fingerprint density at radius 3 is 2.58 bits per heavy atom. The first-order valence-electron chi connectivity index (χ1n) is 7.72. The Morgan fingerprint density at radius 2 is 1.92 bits per heavy atom. The minimum Gasteiger partial charge on any atom is -0.465 e. The summed E-state index contributed by atoms with van der Waals surface area (Å²) in [5, 5.41) is 13.7. The van der Waals surface area contributed by atoms with Crippen molar-refractivity contribution in [3.63, 3.8) is 0 Å². The molecule has 0 bridgehead atoms. The lowest BCUT2D eigenvalue weighted by molar-refractivity contribution is 0.0601. The fourth-order valence-corrected chi connectivity index (χ4v) is 2.01. The van der Waals surface area contributed by atoms with Gasteiger partial charge in [-0.1, -0.05) is 25.5 Å². The monoisotopic (exact) mass is 328 g/mol. The Kier molecular flexibility index (Phi) is 6.24. The first kappa shape index (κ1) is 17.4. The van der Waals surface area contributed by atoms with Crippen molar-refractivity contribution in [2.75, 3.05) is 19.0 Å². The van der Waals surface area contributed by atoms with E-state index in [0.717, 1.165) is 12.8 Å². The molecule has 1 amide bonds. The molecule has 126 valence electrons. The highest BCUT2D eigenvalue weighted by molar-refractivity contribution is 5.96. The van der Waals surface area contributed by atoms with Gasteiger partial charge in [0.25, 0.3) is 5.91 Å². The van der Waals surface area contributed by atoms with Crippen LogP contribution in [0.3, 0.4) is 0 Å². The maximum Gasteiger partial charge on any atom is 0.339 e. The summed E-state index contributed by atoms with van der Waals surface area (Å²) in [5.74, 6) is -0.271. The van der Waals surface area contributed by atoms with Gasteiger partial charge in [-0.3, -0.25) is 4.79 Å². The van der Waals surface area contributed by atoms with E-state index in [2.05, 4.69) is 27.8 Å². The number of ether oxygens (including phenoxy) is 1. The molecule has 2 N–H and O–H groups in total. The largest absolute Gasteiger partial charge is 0.465 e. The first-order chi connectivity index (χ1) is 11.7. The van der Waals surface area contributed by atoms with E-state index in [0.29, 0.717) is 23.6 Å². The molecule has 0 atom stereocenters. The van der Waals surface area contributed by atoms with Crippen molar-refractivity contribution >= 4 is 23.4 Å². The number of carbonyl (C=O) groups is 2. The van der Waals surface area contributed by atoms with Crippen molar-refractivity contribution in [3.05, 3.63) is 47.7 Å². The minimum absolute atomic E-state index is 0.248. The van der Waals surface area contributed by atoms with Crippen molar-refractivity contribution in [2.45, 2.75) is 19.8 Å². The third kappa shape index (κ3) is 4.52. The predicted octanol–water partition coefficient (Wildman–Crippen LogP) is 2.54. The van der Waals surface area contributed by atoms with Gasteiger partial charge in [-0.05, 0) is 30.7 Å². The van der Waals surface area contributed by atoms with E-state index in [1.54, 1.807) is 36.4 Å². The summed E-state index contributed by atoms with van der Waals surface area (Å²) in [6.45, 7) is 2.67. The van der Waals surface area contributed by atoms with Crippen molar-refractivity contribution < 1.29 is 14.3 Å². The van der Waals surface area contributed by atoms with Gasteiger partial charge in [0.2, 0.25) is 0 Å². The van der Waals surface area contributed by atoms with Gasteiger partial charge in [0.1, 0.15) is 0 Å². The summed E-state index contributed by atoms with van der Waals surface area (Å²) >= 11 is 0. The zero-order chi connectivity index (χ0) is 17.4. The second-order valence-corrected chi connectivity index (χ2v) is 5.08. The third-order valence-corrected chi connectivity index (χ3v) is 3.31. The molecule has 24 heavy (non-hydrogen) atoms. The van der Waals surface area contributed by atoms with Crippen LogP contribution >= 0.6 is 0 Å². The fraction of sp³-hybridized carbons (Fsp3) is 0.294. The zero-order valence-corrected chi connectivity index (χ0v) is 13.7. The normalized spacial score (nSPS) is 10.1. The summed E-state index contributed by atoms with van der Waals surface area (Å²) in [7, 11) is 1.32. The summed E-state index contributed by atoms with van der Waals surface area (Å²) in [6.07, 6.45) is 1.93. The zero-order valence-electron chi connectivity index (χ0n) is 13.7. The smallest absolute Gasteiger partial charge is 0.339 e. The minimum atomic E-state index is -0.446. The number of methoxy groups -OCH3 is 1. The number of esters is 1. The van der Waals surface area contributed by atoms with E-state index < -0.39 is 5.97 Å². The van der Waals surface area contributed by atoms with Crippen LogP contribution in [-0.2, 0) is 4.74 Å². The van der Waals surface area contributed by atoms with Crippen LogP contribution in [0.25, 0.3) is 0 Å². The number of nitrogens with one attached hydrogen (secondary N) is 2. The first-order valence-corrected chi connectivity index (χ1v) is 7.72. The number of unbranched alkanes of at least 4 members (excludes halogenated alkanes) is 1. The van der Waals surface area contributed by atoms with Crippen molar-refractivity contribution in [1.29, 1.82) is 0 Å². The number of amides is 1. The molecule has 2 rings (SSSR count). The molecular weight excluding hydrogens is 308 g/mol. The molecule has 0 radical (unpaired) electrons. The number of rotatable bonds is 7. The number of hydrogen-bond donors (Lipinski definition) is 2. The van der Waals surface area contributed by atoms with Gasteiger partial charge in [-0.15, -0.1) is 10.2 Å². The highest BCUT2D eigenvalue weighted by Gasteiger charge is 2.12. The van der Waals surface area contributed by atoms with Gasteiger partial charge in [-0.2, -0.15) is 0 Å². The van der Waals surface area contributed by atoms with Crippen LogP contribution < -0.4 is 10.6 Å². The van der Waals surface area contributed by atoms with E-state index in [1.165, 1.54) is 7.11 Å². The van der Waals surface area contributed by atoms with Crippen LogP contribution in [-0.4, -0.2) is 35.7 Å². The molecule has 0 saturated heterocycles. The molecule has 0 unspecified atom stereocenters. The molecule has 0 aliphatic heterocycles. The fourth-order valence-electron chi connectivity index (χ4n) is 2.01. The molecule has 1 aromatic heterocycles. The Morgan fingerprint density at radius 1 is 1.12 bits per heavy atom. The topological polar surface area (TPSA) is 93.2 Å². The molecule has 0 fully saturated rings. The lowest BCUT2D eigenvalue weighted by Crippen LogP contribution is -2.25. The molecule has 1 heterocycles. The maximum atomic E-state index is 11.9. The molecule has 0 aliphatic rings. The standard InChI is InChI=1S/C17H20N4O3/c1-3-4-11-18-16(22)14-9-10-15(21-20-14)19-13-8-6-5-7-12(13)17(23)24-2/h5-10H,3-4,11H2,1-2H3,(H,18,22)(H,19,21). The van der Waals surface area contributed by atoms with Gasteiger partial charge < -0.3 is 15.4 Å². The summed E-state index contributed by atoms with van der Waals surface area (Å²) in [4.78, 5) is 23.6. The highest BCUT2D eigenvalue weighted by Crippen LogP contribution is 2.20. The van der Waals surface area contributed by atoms with Gasteiger partial charge >= 0.3 is 5.97 Å². The number of carbonyl (C=O) groups excluding carboxylic acids is 2. The SMILES string of the molecule is CCCCNC(=O)c1ccc(Nc2ccccc2C(=O)OC)nn1. The number of anilines is 2. The van der Waals surface area contributed by atoms with Crippen molar-refractivity contribution in [1.82, 2.24) is 15.5 Å². The van der Waals surface area contributed by atoms with Gasteiger partial charge in [0.05, 0.1) is 18.4 Å². The molecule has 7 nitrogen and oxygen atoms in total. The lowest BCUT2D eigenvalue weighted by atomic mass is 10.2. The average molecular weight is 328 g/mol. The Hall–Kier alpha value is -2.96. The molecule has 7 heteroatoms. The molecule has 2 aromatic rings. The number of nitrogens with zero attached hydrogens (tertiary/aromatic N) is 2. The second kappa shape index (κ2) is 8.61. The van der Waals surface area contributed by atoms with Gasteiger partial charge in [-0.25, -0.2) is 4.79 Å². The van der Waals surface area contributed by atoms with Crippen LogP contribution in [0.4, 0.5) is 11.5 Å². The summed E-state index contributed by atoms with van der Waals surface area (Å²) < 4.78 is 4.74. The second-order valence-electron chi connectivity index (χ2n) is 5.08. The average Bonchev–Trinajstić information content (AvgIpc) is 2.62. The van der Waals surface area contributed by atoms with E-state index in [4.69, 9.17) is 4.74 Å². The van der Waals surface area contributed by atoms with E-state index >= 15 is 0 Å². The van der Waals surface area contributed by atoms with E-state index in [-0.39, 0.29) is 11.6 Å². The van der Waals surface area contributed by atoms with Gasteiger partial charge in [0.15, 0.2) is 11.5 Å². The van der Waals surface area contributed by atoms with E-state index in [1.807, 2.05) is 0 Å². The Labute approximate surface area is 140 Å². The Bertz CT molecular complexity index is 701. The van der Waals surface area contributed by atoms with Crippen LogP contribution in [0.1, 0.15) is 40.6 Å². The molecule has 0 aliphatic carbocycles. The molecule has 0 saturated carbocycles.